The van der Waals surface area contributed by atoms with Gasteiger partial charge >= 0.3 is 0 Å². The highest BCUT2D eigenvalue weighted by molar-refractivity contribution is 6.06. The summed E-state index contributed by atoms with van der Waals surface area (Å²) in [5.74, 6) is -1.01. The van der Waals surface area contributed by atoms with Gasteiger partial charge in [0.1, 0.15) is 5.82 Å². The van der Waals surface area contributed by atoms with Crippen molar-refractivity contribution in [2.45, 2.75) is 13.8 Å². The molecule has 0 radical (unpaired) electrons. The van der Waals surface area contributed by atoms with Crippen LogP contribution in [-0.4, -0.2) is 5.91 Å². The van der Waals surface area contributed by atoms with E-state index in [1.165, 1.54) is 6.07 Å². The van der Waals surface area contributed by atoms with Crippen LogP contribution in [0.2, 0.25) is 0 Å². The number of nitrogens with two attached hydrogens (primary N) is 1. The highest BCUT2D eigenvalue weighted by Gasteiger charge is 2.14. The molecule has 1 amide bonds. The smallest absolute Gasteiger partial charge is 0.258 e. The van der Waals surface area contributed by atoms with Crippen LogP contribution in [0.4, 0.5) is 15.8 Å². The molecule has 3 nitrogen and oxygen atoms in total. The van der Waals surface area contributed by atoms with Crippen molar-refractivity contribution < 1.29 is 9.18 Å². The minimum atomic E-state index is -0.508. The number of nitrogens with one attached hydrogen (secondary N) is 1. The molecule has 2 rings (SSSR count). The summed E-state index contributed by atoms with van der Waals surface area (Å²) in [6.45, 7) is 3.51. The number of hydrogen-bond donors (Lipinski definition) is 2. The van der Waals surface area contributed by atoms with E-state index >= 15 is 0 Å². The summed E-state index contributed by atoms with van der Waals surface area (Å²) < 4.78 is 13.8. The summed E-state index contributed by atoms with van der Waals surface area (Å²) in [7, 11) is 0. The third-order valence-electron chi connectivity index (χ3n) is 2.89. The van der Waals surface area contributed by atoms with Crippen LogP contribution in [0.1, 0.15) is 21.5 Å². The van der Waals surface area contributed by atoms with Crippen LogP contribution in [-0.2, 0) is 0 Å². The second-order valence-electron chi connectivity index (χ2n) is 4.48. The number of hydrogen-bond acceptors (Lipinski definition) is 2. The highest BCUT2D eigenvalue weighted by atomic mass is 19.1. The van der Waals surface area contributed by atoms with Crippen molar-refractivity contribution in [2.24, 2.45) is 0 Å². The van der Waals surface area contributed by atoms with Crippen LogP contribution >= 0.6 is 0 Å². The molecule has 0 unspecified atom stereocenters. The maximum atomic E-state index is 13.8. The fraction of sp³-hybridized carbons (Fsp3) is 0.133. The third kappa shape index (κ3) is 2.73. The van der Waals surface area contributed by atoms with Crippen molar-refractivity contribution in [3.63, 3.8) is 0 Å². The Hall–Kier alpha value is -2.36. The van der Waals surface area contributed by atoms with Gasteiger partial charge in [-0.15, -0.1) is 0 Å². The molecule has 2 aromatic rings. The lowest BCUT2D eigenvalue weighted by atomic mass is 10.1. The van der Waals surface area contributed by atoms with Crippen molar-refractivity contribution in [1.82, 2.24) is 0 Å². The van der Waals surface area contributed by atoms with Crippen molar-refractivity contribution >= 4 is 17.3 Å². The van der Waals surface area contributed by atoms with E-state index in [2.05, 4.69) is 5.32 Å². The highest BCUT2D eigenvalue weighted by Crippen LogP contribution is 2.21. The van der Waals surface area contributed by atoms with Crippen LogP contribution in [0.5, 0.6) is 0 Å². The normalized spacial score (nSPS) is 10.3. The number of carbonyl (C=O) groups is 1. The number of halogens is 1. The van der Waals surface area contributed by atoms with Gasteiger partial charge in [0.15, 0.2) is 0 Å². The summed E-state index contributed by atoms with van der Waals surface area (Å²) in [5.41, 5.74) is 8.13. The molecule has 0 saturated carbocycles. The molecule has 4 heteroatoms. The topological polar surface area (TPSA) is 55.1 Å². The summed E-state index contributed by atoms with van der Waals surface area (Å²) in [6, 6.07) is 10.0. The first kappa shape index (κ1) is 13.1. The van der Waals surface area contributed by atoms with Crippen molar-refractivity contribution in [3.8, 4) is 0 Å². The Morgan fingerprint density at radius 1 is 1.21 bits per heavy atom. The number of rotatable bonds is 2. The molecule has 0 saturated heterocycles. The fourth-order valence-corrected chi connectivity index (χ4v) is 1.79. The molecule has 19 heavy (non-hydrogen) atoms. The average Bonchev–Trinajstić information content (AvgIpc) is 2.37. The molecule has 0 atom stereocenters. The lowest BCUT2D eigenvalue weighted by Crippen LogP contribution is -2.15. The van der Waals surface area contributed by atoms with Crippen LogP contribution in [0.25, 0.3) is 0 Å². The van der Waals surface area contributed by atoms with E-state index in [-0.39, 0.29) is 5.56 Å². The van der Waals surface area contributed by atoms with Crippen LogP contribution in [0, 0.1) is 19.7 Å². The zero-order valence-electron chi connectivity index (χ0n) is 10.8. The molecular weight excluding hydrogens is 243 g/mol. The van der Waals surface area contributed by atoms with Gasteiger partial charge in [-0.1, -0.05) is 18.2 Å². The molecule has 0 heterocycles. The molecule has 0 bridgehead atoms. The van der Waals surface area contributed by atoms with E-state index < -0.39 is 11.7 Å². The third-order valence-corrected chi connectivity index (χ3v) is 2.89. The lowest BCUT2D eigenvalue weighted by molar-refractivity contribution is 0.102. The van der Waals surface area contributed by atoms with E-state index in [4.69, 9.17) is 5.73 Å². The number of anilines is 2. The standard InChI is InChI=1S/C15H15FN2O/c1-9-6-7-12(17)13(8-9)18-15(19)11-5-3-4-10(2)14(11)16/h3-8H,17H2,1-2H3,(H,18,19). The number of benzene rings is 2. The zero-order valence-corrected chi connectivity index (χ0v) is 10.8. The number of carbonyl (C=O) groups excluding carboxylic acids is 1. The van der Waals surface area contributed by atoms with Gasteiger partial charge in [-0.3, -0.25) is 4.79 Å². The predicted molar refractivity (Wildman–Crippen MR) is 74.7 cm³/mol. The second kappa shape index (κ2) is 5.10. The molecule has 98 valence electrons. The first-order chi connectivity index (χ1) is 8.99. The van der Waals surface area contributed by atoms with E-state index in [1.807, 2.05) is 13.0 Å². The van der Waals surface area contributed by atoms with Gasteiger partial charge in [0.2, 0.25) is 0 Å². The van der Waals surface area contributed by atoms with Crippen LogP contribution in [0.3, 0.4) is 0 Å². The van der Waals surface area contributed by atoms with Gasteiger partial charge in [0.25, 0.3) is 5.91 Å². The first-order valence-electron chi connectivity index (χ1n) is 5.91. The Balaban J connectivity index is 2.31. The molecular formula is C15H15FN2O. The summed E-state index contributed by atoms with van der Waals surface area (Å²) in [5, 5.41) is 2.63. The quantitative estimate of drug-likeness (QED) is 0.812. The molecule has 2 aromatic carbocycles. The van der Waals surface area contributed by atoms with Gasteiger partial charge in [0, 0.05) is 0 Å². The van der Waals surface area contributed by atoms with E-state index in [1.54, 1.807) is 31.2 Å². The zero-order chi connectivity index (χ0) is 14.0. The largest absolute Gasteiger partial charge is 0.397 e. The van der Waals surface area contributed by atoms with Crippen molar-refractivity contribution in [3.05, 3.63) is 58.9 Å². The van der Waals surface area contributed by atoms with Gasteiger partial charge in [0.05, 0.1) is 16.9 Å². The number of amides is 1. The maximum Gasteiger partial charge on any atom is 0.258 e. The SMILES string of the molecule is Cc1ccc(N)c(NC(=O)c2cccc(C)c2F)c1. The molecule has 3 N–H and O–H groups in total. The molecule has 0 aliphatic carbocycles. The Labute approximate surface area is 111 Å². The molecule has 0 fully saturated rings. The predicted octanol–water partition coefficient (Wildman–Crippen LogP) is 3.28. The Bertz CT molecular complexity index is 638. The summed E-state index contributed by atoms with van der Waals surface area (Å²) in [6.07, 6.45) is 0. The lowest BCUT2D eigenvalue weighted by Gasteiger charge is -2.10. The van der Waals surface area contributed by atoms with Gasteiger partial charge in [-0.05, 0) is 43.2 Å². The molecule has 0 spiro atoms. The van der Waals surface area contributed by atoms with E-state index in [0.29, 0.717) is 16.9 Å². The first-order valence-corrected chi connectivity index (χ1v) is 5.91. The van der Waals surface area contributed by atoms with E-state index in [9.17, 15) is 9.18 Å². The van der Waals surface area contributed by atoms with Gasteiger partial charge in [-0.25, -0.2) is 4.39 Å². The Morgan fingerprint density at radius 2 is 1.95 bits per heavy atom. The molecule has 0 aliphatic heterocycles. The maximum absolute atomic E-state index is 13.8. The van der Waals surface area contributed by atoms with Gasteiger partial charge < -0.3 is 11.1 Å². The minimum Gasteiger partial charge on any atom is -0.397 e. The van der Waals surface area contributed by atoms with E-state index in [0.717, 1.165) is 5.56 Å². The Kier molecular flexibility index (Phi) is 3.51. The minimum absolute atomic E-state index is 0.0147. The fourth-order valence-electron chi connectivity index (χ4n) is 1.79. The number of aryl methyl sites for hydroxylation is 2. The number of nitrogen functional groups attached to an aromatic ring is 1. The summed E-state index contributed by atoms with van der Waals surface area (Å²) in [4.78, 5) is 12.0. The molecule has 0 aliphatic rings. The average molecular weight is 258 g/mol. The van der Waals surface area contributed by atoms with Crippen LogP contribution in [0.15, 0.2) is 36.4 Å². The summed E-state index contributed by atoms with van der Waals surface area (Å²) >= 11 is 0. The van der Waals surface area contributed by atoms with Crippen molar-refractivity contribution in [1.29, 1.82) is 0 Å². The van der Waals surface area contributed by atoms with Crippen LogP contribution < -0.4 is 11.1 Å². The monoisotopic (exact) mass is 258 g/mol. The Morgan fingerprint density at radius 3 is 2.68 bits per heavy atom. The second-order valence-corrected chi connectivity index (χ2v) is 4.48. The van der Waals surface area contributed by atoms with Crippen molar-refractivity contribution in [2.75, 3.05) is 11.1 Å². The van der Waals surface area contributed by atoms with Gasteiger partial charge in [-0.2, -0.15) is 0 Å². The molecule has 0 aromatic heterocycles.